The third kappa shape index (κ3) is 33.2. The molecule has 0 bridgehead atoms. The summed E-state index contributed by atoms with van der Waals surface area (Å²) in [6.07, 6.45) is 1.26. The first-order valence-corrected chi connectivity index (χ1v) is 40.5. The normalized spacial score (nSPS) is 16.0. The van der Waals surface area contributed by atoms with E-state index in [1.807, 2.05) is 46.7 Å². The van der Waals surface area contributed by atoms with E-state index in [-0.39, 0.29) is 84.1 Å². The molecular formula is C83H145N15O18. The minimum absolute atomic E-state index is 0.0137. The van der Waals surface area contributed by atoms with Gasteiger partial charge in [0.1, 0.15) is 76.5 Å². The van der Waals surface area contributed by atoms with Crippen LogP contribution in [0.25, 0.3) is 0 Å². The third-order valence-electron chi connectivity index (χ3n) is 20.5. The van der Waals surface area contributed by atoms with Crippen molar-refractivity contribution in [1.82, 2.24) is 79.3 Å². The fraction of sp³-hybridized carbons (Fsp3) is 0.723. The molecule has 0 fully saturated rings. The second-order valence-electron chi connectivity index (χ2n) is 34.7. The van der Waals surface area contributed by atoms with E-state index in [4.69, 9.17) is 0 Å². The van der Waals surface area contributed by atoms with Gasteiger partial charge in [-0.3, -0.25) is 71.9 Å². The average Bonchev–Trinajstić information content (AvgIpc) is 0.811. The number of hydrogen-bond acceptors (Lipinski definition) is 19. The monoisotopic (exact) mass is 1640 g/mol. The van der Waals surface area contributed by atoms with Crippen molar-refractivity contribution in [3.05, 3.63) is 45.1 Å². The van der Waals surface area contributed by atoms with Gasteiger partial charge in [-0.25, -0.2) is 0 Å². The summed E-state index contributed by atoms with van der Waals surface area (Å²) >= 11 is 0. The molecule has 0 spiro atoms. The zero-order chi connectivity index (χ0) is 90.7. The summed E-state index contributed by atoms with van der Waals surface area (Å²) in [5.74, 6) is -15.9. The molecule has 0 aromatic heterocycles. The number of nitrogens with zero attached hydrogens (tertiary/aromatic N) is 1. The molecule has 12 atom stereocenters. The van der Waals surface area contributed by atoms with Crippen LogP contribution in [0.1, 0.15) is 246 Å². The fourth-order valence-corrected chi connectivity index (χ4v) is 11.9. The van der Waals surface area contributed by atoms with Gasteiger partial charge in [-0.05, 0) is 194 Å². The number of allylic oxidation sites excluding steroid dienone is 4. The Labute approximate surface area is 688 Å². The van der Waals surface area contributed by atoms with Crippen LogP contribution in [0, 0.1) is 46.8 Å². The predicted molar refractivity (Wildman–Crippen MR) is 444 cm³/mol. The van der Waals surface area contributed by atoms with Gasteiger partial charge in [0.25, 0.3) is 23.6 Å². The second-order valence-corrected chi connectivity index (χ2v) is 34.7. The summed E-state index contributed by atoms with van der Waals surface area (Å²) in [7, 11) is 3.75. The number of aliphatic hydroxyl groups is 3. The van der Waals surface area contributed by atoms with E-state index in [1.165, 1.54) is 69.2 Å². The molecule has 116 heavy (non-hydrogen) atoms. The van der Waals surface area contributed by atoms with Crippen molar-refractivity contribution in [1.29, 1.82) is 0 Å². The Morgan fingerprint density at radius 1 is 0.388 bits per heavy atom. The van der Waals surface area contributed by atoms with Crippen LogP contribution in [0.15, 0.2) is 45.1 Å². The summed E-state index contributed by atoms with van der Waals surface area (Å²) in [5, 5.41) is 70.8. The number of nitrogens with one attached hydrogen (secondary N) is 14. The summed E-state index contributed by atoms with van der Waals surface area (Å²) in [4.78, 5) is 213. The Hall–Kier alpha value is -8.95. The standard InChI is InChI=1S/C83H145N15O18/c1-33-47(18)59(93-78(112)65(83(30,116)37-5)97-79(113)80(24,25)66(100)51(22)38-41(6)7)68(102)84-39-54(99)87-60(48(19)34-2)74(108)91-58(46(16)17)72(106)92-62(50(21)36-4)75(109)95-64(82(28,29)115)77(111)96-63(81(26,27)114)76(110)94-61(49(20)35-3)73(107)85-52(23)67(101)88-56(44(12)13)70(104)90-57(45(14)15)71(105)89-55(43(10)11)69(103)86-53(42(8)9)40-98(31)32/h41-42,44-46,50-53,56-58,62-65,114-116H,33-40H2,1-32H3,(H,84,102)(H,85,107)(H,86,103)(H,87,99)(H,88,101)(H,89,105)(H,90,104)(H,91,108)(H,92,106)(H,93,112)(H,94,110)(H,95,109)(H,96,111)(H,97,113)/b59-47-,60-48+,61-49-/t50-,51+,52+,53+,56-,57+,58+,62+,63-,64+,65+,83+/m0/s1. The number of Topliss-reactive ketones (excluding diaryl/α,β-unsaturated/α-hetero) is 1. The molecule has 0 saturated heterocycles. The fourth-order valence-electron chi connectivity index (χ4n) is 11.9. The van der Waals surface area contributed by atoms with Crippen LogP contribution in [0.5, 0.6) is 0 Å². The topological polar surface area (TPSA) is 488 Å². The summed E-state index contributed by atoms with van der Waals surface area (Å²) in [6.45, 7) is 47.2. The molecule has 0 heterocycles. The van der Waals surface area contributed by atoms with E-state index in [9.17, 15) is 87.2 Å². The first-order valence-electron chi connectivity index (χ1n) is 40.5. The van der Waals surface area contributed by atoms with Crippen molar-refractivity contribution in [2.75, 3.05) is 27.2 Å². The van der Waals surface area contributed by atoms with Crippen molar-refractivity contribution in [3.8, 4) is 0 Å². The first-order chi connectivity index (χ1) is 53.1. The van der Waals surface area contributed by atoms with Gasteiger partial charge in [0, 0.05) is 18.5 Å². The van der Waals surface area contributed by atoms with Crippen molar-refractivity contribution >= 4 is 88.5 Å². The lowest BCUT2D eigenvalue weighted by Gasteiger charge is -2.35. The molecular weight excluding hydrogens is 1490 g/mol. The highest BCUT2D eigenvalue weighted by Gasteiger charge is 2.47. The molecule has 33 heteroatoms. The van der Waals surface area contributed by atoms with Crippen LogP contribution < -0.4 is 74.4 Å². The van der Waals surface area contributed by atoms with Gasteiger partial charge in [-0.15, -0.1) is 0 Å². The lowest BCUT2D eigenvalue weighted by Crippen LogP contribution is -2.66. The Kier molecular flexibility index (Phi) is 43.8. The molecule has 0 aromatic carbocycles. The van der Waals surface area contributed by atoms with Crippen LogP contribution in [0.4, 0.5) is 0 Å². The molecule has 0 saturated carbocycles. The van der Waals surface area contributed by atoms with Crippen LogP contribution in [0.2, 0.25) is 0 Å². The Bertz CT molecular complexity index is 3630. The Morgan fingerprint density at radius 3 is 1.18 bits per heavy atom. The highest BCUT2D eigenvalue weighted by atomic mass is 16.3. The summed E-state index contributed by atoms with van der Waals surface area (Å²) in [5.41, 5.74) is -7.34. The molecule has 0 rings (SSSR count). The average molecular weight is 1640 g/mol. The number of likely N-dealkylation sites (N-methyl/N-ethyl adjacent to an activating group) is 1. The van der Waals surface area contributed by atoms with Gasteiger partial charge in [0.05, 0.1) is 23.3 Å². The van der Waals surface area contributed by atoms with Gasteiger partial charge >= 0.3 is 0 Å². The molecule has 17 N–H and O–H groups in total. The van der Waals surface area contributed by atoms with Crippen molar-refractivity contribution < 1.29 is 87.2 Å². The van der Waals surface area contributed by atoms with Crippen LogP contribution >= 0.6 is 0 Å². The number of carbonyl (C=O) groups is 15. The summed E-state index contributed by atoms with van der Waals surface area (Å²) < 4.78 is 0. The van der Waals surface area contributed by atoms with Crippen molar-refractivity contribution in [3.63, 3.8) is 0 Å². The second kappa shape index (κ2) is 47.4. The van der Waals surface area contributed by atoms with Crippen LogP contribution in [0.3, 0.4) is 0 Å². The number of rotatable bonds is 47. The van der Waals surface area contributed by atoms with E-state index in [0.29, 0.717) is 29.7 Å². The molecule has 0 radical (unpaired) electrons. The maximum Gasteiger partial charge on any atom is 0.268 e. The molecule has 0 unspecified atom stereocenters. The maximum absolute atomic E-state index is 14.6. The third-order valence-corrected chi connectivity index (χ3v) is 20.5. The quantitative estimate of drug-likeness (QED) is 0.0306. The number of hydrogen-bond donors (Lipinski definition) is 17. The first kappa shape index (κ1) is 107. The lowest BCUT2D eigenvalue weighted by atomic mass is 9.78. The number of carbonyl (C=O) groups excluding carboxylic acids is 15. The predicted octanol–water partition coefficient (Wildman–Crippen LogP) is 3.51. The zero-order valence-corrected chi connectivity index (χ0v) is 75.3. The molecule has 33 nitrogen and oxygen atoms in total. The maximum atomic E-state index is 14.6. The van der Waals surface area contributed by atoms with Crippen molar-refractivity contribution in [2.24, 2.45) is 46.8 Å². The van der Waals surface area contributed by atoms with Crippen LogP contribution in [-0.2, 0) is 71.9 Å². The molecule has 660 valence electrons. The van der Waals surface area contributed by atoms with Gasteiger partial charge in [-0.1, -0.05) is 124 Å². The lowest BCUT2D eigenvalue weighted by molar-refractivity contribution is -0.147. The molecule has 0 aliphatic heterocycles. The molecule has 0 aromatic rings. The van der Waals surface area contributed by atoms with Gasteiger partial charge in [-0.2, -0.15) is 0 Å². The van der Waals surface area contributed by atoms with Crippen molar-refractivity contribution in [2.45, 2.75) is 317 Å². The largest absolute Gasteiger partial charge is 0.388 e. The smallest absolute Gasteiger partial charge is 0.268 e. The van der Waals surface area contributed by atoms with Gasteiger partial charge < -0.3 is 94.7 Å². The minimum atomic E-state index is -2.15. The SMILES string of the molecule is CC/C(C)=C(\NC(=O)[C@@H](NC(=O)C(C)(C)C(=O)[C@H](C)CC(C)C)[C@](C)(O)CC)C(=O)NCC(=O)N/C(C(=O)N[C@@H](C(=O)N[C@@H](C(=O)N[C@H](C(=O)N[C@@H](C(=O)N/C(C(=O)N[C@H](C)C(=O)N[C@H](C(=O)N[C@@H](C(=O)NC(C(=O)N[C@H](CN(C)C)C(C)C)=C(C)C)C(C)C)C(C)C)=C(/C)CC)C(C)(C)O)C(C)(C)O)[C@@H](C)CC)C(C)C)=C(\C)CC. The van der Waals surface area contributed by atoms with E-state index in [2.05, 4.69) is 74.4 Å². The number of ketones is 1. The van der Waals surface area contributed by atoms with E-state index >= 15 is 0 Å². The minimum Gasteiger partial charge on any atom is -0.388 e. The molecule has 14 amide bonds. The van der Waals surface area contributed by atoms with Gasteiger partial charge in [0.15, 0.2) is 5.78 Å². The van der Waals surface area contributed by atoms with E-state index < -0.39 is 189 Å². The molecule has 0 aliphatic rings. The van der Waals surface area contributed by atoms with E-state index in [0.717, 1.165) is 0 Å². The zero-order valence-electron chi connectivity index (χ0n) is 75.3. The van der Waals surface area contributed by atoms with Gasteiger partial charge in [0.2, 0.25) is 59.1 Å². The highest BCUT2D eigenvalue weighted by molar-refractivity contribution is 6.09. The Balaban J connectivity index is 6.87. The Morgan fingerprint density at radius 2 is 0.767 bits per heavy atom. The number of amides is 14. The highest BCUT2D eigenvalue weighted by Crippen LogP contribution is 2.28. The molecule has 0 aliphatic carbocycles. The summed E-state index contributed by atoms with van der Waals surface area (Å²) in [6, 6.07) is -12.6. The van der Waals surface area contributed by atoms with Crippen LogP contribution in [-0.4, -0.2) is 207 Å². The van der Waals surface area contributed by atoms with E-state index in [1.54, 1.807) is 111 Å².